The lowest BCUT2D eigenvalue weighted by Gasteiger charge is -2.30. The maximum absolute atomic E-state index is 12.9. The van der Waals surface area contributed by atoms with Gasteiger partial charge in [-0.1, -0.05) is 29.3 Å². The zero-order valence-corrected chi connectivity index (χ0v) is 16.8. The molecule has 5 rings (SSSR count). The Morgan fingerprint density at radius 1 is 1.17 bits per heavy atom. The van der Waals surface area contributed by atoms with Crippen molar-refractivity contribution in [3.05, 3.63) is 64.6 Å². The van der Waals surface area contributed by atoms with Crippen molar-refractivity contribution >= 4 is 40.0 Å². The molecular weight excluding hydrogens is 411 g/mol. The molecule has 0 radical (unpaired) electrons. The number of benzene rings is 1. The first-order valence-corrected chi connectivity index (χ1v) is 9.90. The summed E-state index contributed by atoms with van der Waals surface area (Å²) in [5, 5.41) is 9.00. The fraction of sp³-hybridized carbons (Fsp3) is 0.200. The van der Waals surface area contributed by atoms with Gasteiger partial charge < -0.3 is 9.47 Å². The summed E-state index contributed by atoms with van der Waals surface area (Å²) >= 11 is 12.9. The number of carbonyl (C=O) groups is 1. The molecule has 3 aromatic heterocycles. The summed E-state index contributed by atoms with van der Waals surface area (Å²) in [7, 11) is 0. The second-order valence-corrected chi connectivity index (χ2v) is 7.69. The minimum Gasteiger partial charge on any atom is -0.339 e. The number of rotatable bonds is 3. The second kappa shape index (κ2) is 7.17. The van der Waals surface area contributed by atoms with Crippen LogP contribution in [0.5, 0.6) is 0 Å². The van der Waals surface area contributed by atoms with Gasteiger partial charge in [0.25, 0.3) is 0 Å². The van der Waals surface area contributed by atoms with Crippen molar-refractivity contribution in [2.24, 2.45) is 0 Å². The Balaban J connectivity index is 1.58. The number of hydrogen-bond donors (Lipinski definition) is 1. The molecule has 146 valence electrons. The summed E-state index contributed by atoms with van der Waals surface area (Å²) in [6.45, 7) is 1.70. The highest BCUT2D eigenvalue weighted by Crippen LogP contribution is 2.42. The minimum atomic E-state index is 0.0179. The zero-order valence-electron chi connectivity index (χ0n) is 15.3. The Hall–Kier alpha value is -2.90. The number of aromatic amines is 1. The van der Waals surface area contributed by atoms with Crippen LogP contribution >= 0.6 is 23.2 Å². The molecular formula is C20H16Cl2N6O. The van der Waals surface area contributed by atoms with Crippen LogP contribution in [0.2, 0.25) is 10.0 Å². The first-order chi connectivity index (χ1) is 14.1. The monoisotopic (exact) mass is 426 g/mol. The maximum Gasteiger partial charge on any atom is 0.229 e. The van der Waals surface area contributed by atoms with Crippen molar-refractivity contribution in [3.8, 4) is 11.1 Å². The predicted octanol–water partition coefficient (Wildman–Crippen LogP) is 3.71. The fourth-order valence-corrected chi connectivity index (χ4v) is 4.35. The molecule has 1 aliphatic heterocycles. The number of H-pyrrole nitrogens is 1. The Labute approximate surface area is 176 Å². The van der Waals surface area contributed by atoms with Gasteiger partial charge in [0.15, 0.2) is 0 Å². The summed E-state index contributed by atoms with van der Waals surface area (Å²) in [6, 6.07) is 3.78. The predicted molar refractivity (Wildman–Crippen MR) is 111 cm³/mol. The highest BCUT2D eigenvalue weighted by molar-refractivity contribution is 6.45. The van der Waals surface area contributed by atoms with Crippen molar-refractivity contribution in [3.63, 3.8) is 0 Å². The Morgan fingerprint density at radius 2 is 2.07 bits per heavy atom. The normalized spacial score (nSPS) is 13.7. The number of carbonyl (C=O) groups excluding carboxylic acids is 1. The van der Waals surface area contributed by atoms with Crippen LogP contribution in [0.3, 0.4) is 0 Å². The molecule has 9 heteroatoms. The summed E-state index contributed by atoms with van der Waals surface area (Å²) < 4.78 is 2.16. The molecule has 0 saturated carbocycles. The van der Waals surface area contributed by atoms with Crippen LogP contribution in [0.25, 0.3) is 22.0 Å². The molecule has 1 N–H and O–H groups in total. The number of nitrogens with one attached hydrogen (secondary N) is 1. The van der Waals surface area contributed by atoms with Gasteiger partial charge in [0, 0.05) is 60.1 Å². The summed E-state index contributed by atoms with van der Waals surface area (Å²) in [6.07, 6.45) is 8.66. The van der Waals surface area contributed by atoms with E-state index in [4.69, 9.17) is 23.2 Å². The van der Waals surface area contributed by atoms with Crippen molar-refractivity contribution in [1.82, 2.24) is 29.6 Å². The third kappa shape index (κ3) is 3.07. The highest BCUT2D eigenvalue weighted by Gasteiger charge is 2.28. The number of aromatic nitrogens is 5. The first-order valence-electron chi connectivity index (χ1n) is 9.14. The summed E-state index contributed by atoms with van der Waals surface area (Å²) in [5.74, 6) is 0.0179. The van der Waals surface area contributed by atoms with Gasteiger partial charge in [-0.2, -0.15) is 5.10 Å². The van der Waals surface area contributed by atoms with E-state index < -0.39 is 0 Å². The van der Waals surface area contributed by atoms with Gasteiger partial charge in [-0.15, -0.1) is 0 Å². The van der Waals surface area contributed by atoms with Crippen LogP contribution in [0.1, 0.15) is 11.4 Å². The molecule has 1 aliphatic rings. The summed E-state index contributed by atoms with van der Waals surface area (Å²) in [4.78, 5) is 23.0. The van der Waals surface area contributed by atoms with Crippen LogP contribution < -0.4 is 0 Å². The van der Waals surface area contributed by atoms with Gasteiger partial charge in [0.05, 0.1) is 40.4 Å². The lowest BCUT2D eigenvalue weighted by atomic mass is 10.0. The van der Waals surface area contributed by atoms with Gasteiger partial charge in [-0.25, -0.2) is 0 Å². The van der Waals surface area contributed by atoms with E-state index in [1.807, 2.05) is 17.2 Å². The van der Waals surface area contributed by atoms with Crippen LogP contribution in [-0.2, 0) is 24.3 Å². The fourth-order valence-electron chi connectivity index (χ4n) is 3.93. The second-order valence-electron chi connectivity index (χ2n) is 6.91. The lowest BCUT2D eigenvalue weighted by molar-refractivity contribution is -0.131. The van der Waals surface area contributed by atoms with E-state index in [0.29, 0.717) is 35.4 Å². The number of hydrogen-bond acceptors (Lipinski definition) is 4. The van der Waals surface area contributed by atoms with E-state index in [1.165, 1.54) is 0 Å². The zero-order chi connectivity index (χ0) is 20.0. The SMILES string of the molecule is O=C(Cc1cnccn1)N1CCn2c(c(-c3cn[nH]c3)c3ccc(Cl)c(Cl)c32)C1. The third-order valence-electron chi connectivity index (χ3n) is 5.25. The van der Waals surface area contributed by atoms with Gasteiger partial charge in [-0.3, -0.25) is 19.9 Å². The van der Waals surface area contributed by atoms with Gasteiger partial charge >= 0.3 is 0 Å². The van der Waals surface area contributed by atoms with Crippen molar-refractivity contribution < 1.29 is 4.79 Å². The van der Waals surface area contributed by atoms with E-state index >= 15 is 0 Å². The van der Waals surface area contributed by atoms with Crippen molar-refractivity contribution in [2.75, 3.05) is 6.54 Å². The molecule has 0 atom stereocenters. The van der Waals surface area contributed by atoms with Gasteiger partial charge in [-0.05, 0) is 6.07 Å². The van der Waals surface area contributed by atoms with Crippen LogP contribution in [-0.4, -0.2) is 42.1 Å². The van der Waals surface area contributed by atoms with Gasteiger partial charge in [0.2, 0.25) is 5.91 Å². The molecule has 1 amide bonds. The molecule has 7 nitrogen and oxygen atoms in total. The average Bonchev–Trinajstić information content (AvgIpc) is 3.36. The highest BCUT2D eigenvalue weighted by atomic mass is 35.5. The molecule has 4 heterocycles. The van der Waals surface area contributed by atoms with Crippen LogP contribution in [0, 0.1) is 0 Å². The number of halogens is 2. The van der Waals surface area contributed by atoms with E-state index in [2.05, 4.69) is 24.7 Å². The van der Waals surface area contributed by atoms with E-state index in [0.717, 1.165) is 27.7 Å². The molecule has 29 heavy (non-hydrogen) atoms. The third-order valence-corrected chi connectivity index (χ3v) is 6.04. The maximum atomic E-state index is 12.9. The smallest absolute Gasteiger partial charge is 0.229 e. The average molecular weight is 427 g/mol. The summed E-state index contributed by atoms with van der Waals surface area (Å²) in [5.41, 5.74) is 4.54. The molecule has 4 aromatic rings. The Kier molecular flexibility index (Phi) is 4.49. The molecule has 0 aliphatic carbocycles. The quantitative estimate of drug-likeness (QED) is 0.541. The Bertz CT molecular complexity index is 1200. The van der Waals surface area contributed by atoms with Crippen molar-refractivity contribution in [2.45, 2.75) is 19.5 Å². The molecule has 0 fully saturated rings. The number of amides is 1. The molecule has 0 unspecified atom stereocenters. The van der Waals surface area contributed by atoms with Crippen LogP contribution in [0.15, 0.2) is 43.1 Å². The van der Waals surface area contributed by atoms with E-state index in [9.17, 15) is 4.79 Å². The molecule has 0 saturated heterocycles. The molecule has 1 aromatic carbocycles. The molecule has 0 bridgehead atoms. The van der Waals surface area contributed by atoms with E-state index in [1.54, 1.807) is 30.9 Å². The van der Waals surface area contributed by atoms with E-state index in [-0.39, 0.29) is 12.3 Å². The lowest BCUT2D eigenvalue weighted by Crippen LogP contribution is -2.39. The minimum absolute atomic E-state index is 0.0179. The molecule has 0 spiro atoms. The van der Waals surface area contributed by atoms with Gasteiger partial charge in [0.1, 0.15) is 0 Å². The topological polar surface area (TPSA) is 79.7 Å². The largest absolute Gasteiger partial charge is 0.339 e. The number of nitrogens with zero attached hydrogens (tertiary/aromatic N) is 5. The number of fused-ring (bicyclic) bond motifs is 3. The van der Waals surface area contributed by atoms with Crippen molar-refractivity contribution in [1.29, 1.82) is 0 Å². The standard InChI is InChI=1S/C20H16Cl2N6O/c21-15-2-1-14-18(12-8-25-26-9-12)16-11-27(5-6-28(16)20(14)19(15)22)17(29)7-13-10-23-3-4-24-13/h1-4,8-10H,5-7,11H2,(H,25,26). The Morgan fingerprint density at radius 3 is 2.83 bits per heavy atom. The van der Waals surface area contributed by atoms with Crippen LogP contribution in [0.4, 0.5) is 0 Å². The first kappa shape index (κ1) is 18.1.